The zero-order valence-corrected chi connectivity index (χ0v) is 11.2. The normalized spacial score (nSPS) is 27.8. The molecule has 2 aliphatic rings. The lowest BCUT2D eigenvalue weighted by atomic mass is 9.86. The Kier molecular flexibility index (Phi) is 3.16. The quantitative estimate of drug-likeness (QED) is 0.866. The molecule has 18 heavy (non-hydrogen) atoms. The van der Waals surface area contributed by atoms with E-state index in [0.29, 0.717) is 0 Å². The third-order valence-electron chi connectivity index (χ3n) is 4.79. The zero-order chi connectivity index (χ0) is 12.6. The highest BCUT2D eigenvalue weighted by Crippen LogP contribution is 2.45. The van der Waals surface area contributed by atoms with Crippen LogP contribution in [-0.4, -0.2) is 29.2 Å². The van der Waals surface area contributed by atoms with Crippen LogP contribution in [0.2, 0.25) is 0 Å². The van der Waals surface area contributed by atoms with Gasteiger partial charge in [-0.3, -0.25) is 4.90 Å². The van der Waals surface area contributed by atoms with Gasteiger partial charge in [0.25, 0.3) is 0 Å². The van der Waals surface area contributed by atoms with Gasteiger partial charge in [-0.2, -0.15) is 0 Å². The second kappa shape index (κ2) is 4.67. The average Bonchev–Trinajstić information content (AvgIpc) is 2.99. The molecule has 1 saturated carbocycles. The number of hydrogen-bond acceptors (Lipinski definition) is 2. The van der Waals surface area contributed by atoms with Crippen molar-refractivity contribution < 1.29 is 5.11 Å². The molecule has 1 aliphatic heterocycles. The molecule has 0 bridgehead atoms. The number of nitrogens with zero attached hydrogens (tertiary/aromatic N) is 1. The van der Waals surface area contributed by atoms with E-state index in [1.54, 1.807) is 0 Å². The van der Waals surface area contributed by atoms with E-state index in [0.717, 1.165) is 19.5 Å². The zero-order valence-electron chi connectivity index (χ0n) is 11.2. The van der Waals surface area contributed by atoms with Crippen LogP contribution in [0.15, 0.2) is 24.3 Å². The molecule has 3 rings (SSSR count). The van der Waals surface area contributed by atoms with E-state index in [1.165, 1.54) is 36.8 Å². The predicted octanol–water partition coefficient (Wildman–Crippen LogP) is 2.83. The maximum Gasteiger partial charge on any atom is 0.0679 e. The van der Waals surface area contributed by atoms with Gasteiger partial charge in [0.1, 0.15) is 0 Å². The maximum atomic E-state index is 9.82. The van der Waals surface area contributed by atoms with Crippen molar-refractivity contribution in [3.05, 3.63) is 35.4 Å². The molecule has 1 saturated heterocycles. The van der Waals surface area contributed by atoms with E-state index < -0.39 is 0 Å². The number of rotatable bonds is 2. The van der Waals surface area contributed by atoms with Gasteiger partial charge in [0.15, 0.2) is 0 Å². The second-order valence-electron chi connectivity index (χ2n) is 5.99. The van der Waals surface area contributed by atoms with Gasteiger partial charge in [0, 0.05) is 18.6 Å². The third-order valence-corrected chi connectivity index (χ3v) is 4.79. The highest BCUT2D eigenvalue weighted by molar-refractivity contribution is 5.29. The smallest absolute Gasteiger partial charge is 0.0679 e. The number of aliphatic hydroxyl groups excluding tert-OH is 1. The van der Waals surface area contributed by atoms with Gasteiger partial charge >= 0.3 is 0 Å². The lowest BCUT2D eigenvalue weighted by Gasteiger charge is -2.39. The number of benzene rings is 1. The summed E-state index contributed by atoms with van der Waals surface area (Å²) in [6.45, 7) is 4.05. The van der Waals surface area contributed by atoms with Gasteiger partial charge in [-0.15, -0.1) is 0 Å². The molecule has 1 atom stereocenters. The number of β-amino-alcohol motifs (C(OH)–C–C–N with tert-alkyl or cyclic N) is 1. The van der Waals surface area contributed by atoms with Gasteiger partial charge in [-0.25, -0.2) is 0 Å². The monoisotopic (exact) mass is 245 g/mol. The molecule has 1 aromatic carbocycles. The molecule has 1 aromatic rings. The van der Waals surface area contributed by atoms with Crippen molar-refractivity contribution >= 4 is 0 Å². The Bertz CT molecular complexity index is 406. The van der Waals surface area contributed by atoms with Crippen molar-refractivity contribution in [3.8, 4) is 0 Å². The minimum absolute atomic E-state index is 0.118. The van der Waals surface area contributed by atoms with Gasteiger partial charge < -0.3 is 5.11 Å². The van der Waals surface area contributed by atoms with Crippen LogP contribution >= 0.6 is 0 Å². The highest BCUT2D eigenvalue weighted by Gasteiger charge is 2.43. The molecule has 98 valence electrons. The van der Waals surface area contributed by atoms with Gasteiger partial charge in [-0.1, -0.05) is 42.7 Å². The van der Waals surface area contributed by atoms with Crippen LogP contribution in [0.1, 0.15) is 43.2 Å². The molecule has 1 N–H and O–H groups in total. The van der Waals surface area contributed by atoms with Crippen LogP contribution in [-0.2, 0) is 5.54 Å². The maximum absolute atomic E-state index is 9.82. The van der Waals surface area contributed by atoms with Crippen LogP contribution in [0.5, 0.6) is 0 Å². The van der Waals surface area contributed by atoms with E-state index in [4.69, 9.17) is 0 Å². The lowest BCUT2D eigenvalue weighted by molar-refractivity contribution is 0.0947. The first-order valence-electron chi connectivity index (χ1n) is 7.21. The molecule has 1 unspecified atom stereocenters. The largest absolute Gasteiger partial charge is 0.392 e. The molecule has 0 spiro atoms. The van der Waals surface area contributed by atoms with Crippen molar-refractivity contribution in [2.24, 2.45) is 0 Å². The fourth-order valence-electron chi connectivity index (χ4n) is 3.74. The summed E-state index contributed by atoms with van der Waals surface area (Å²) in [6.07, 6.45) is 5.97. The van der Waals surface area contributed by atoms with Crippen molar-refractivity contribution in [2.75, 3.05) is 13.1 Å². The first-order valence-corrected chi connectivity index (χ1v) is 7.21. The molecule has 0 amide bonds. The summed E-state index contributed by atoms with van der Waals surface area (Å²) in [7, 11) is 0. The summed E-state index contributed by atoms with van der Waals surface area (Å²) in [5.41, 5.74) is 3.00. The van der Waals surface area contributed by atoms with Crippen molar-refractivity contribution in [1.29, 1.82) is 0 Å². The molecule has 1 heterocycles. The Balaban J connectivity index is 1.93. The van der Waals surface area contributed by atoms with E-state index in [1.807, 2.05) is 0 Å². The van der Waals surface area contributed by atoms with Crippen LogP contribution < -0.4 is 0 Å². The minimum Gasteiger partial charge on any atom is -0.392 e. The topological polar surface area (TPSA) is 23.5 Å². The van der Waals surface area contributed by atoms with Crippen LogP contribution in [0, 0.1) is 6.92 Å². The summed E-state index contributed by atoms with van der Waals surface area (Å²) >= 11 is 0. The van der Waals surface area contributed by atoms with Crippen molar-refractivity contribution in [2.45, 2.75) is 50.7 Å². The van der Waals surface area contributed by atoms with E-state index in [9.17, 15) is 5.11 Å². The van der Waals surface area contributed by atoms with Gasteiger partial charge in [-0.05, 0) is 31.7 Å². The second-order valence-corrected chi connectivity index (χ2v) is 5.99. The Labute approximate surface area is 110 Å². The fourth-order valence-corrected chi connectivity index (χ4v) is 3.74. The Morgan fingerprint density at radius 3 is 2.39 bits per heavy atom. The Morgan fingerprint density at radius 1 is 1.17 bits per heavy atom. The minimum atomic E-state index is -0.118. The molecule has 1 aliphatic carbocycles. The van der Waals surface area contributed by atoms with Crippen LogP contribution in [0.4, 0.5) is 0 Å². The van der Waals surface area contributed by atoms with Crippen molar-refractivity contribution in [3.63, 3.8) is 0 Å². The van der Waals surface area contributed by atoms with E-state index in [2.05, 4.69) is 36.1 Å². The van der Waals surface area contributed by atoms with Gasteiger partial charge in [0.2, 0.25) is 0 Å². The molecular formula is C16H23NO. The first-order chi connectivity index (χ1) is 8.71. The average molecular weight is 245 g/mol. The summed E-state index contributed by atoms with van der Waals surface area (Å²) < 4.78 is 0. The molecule has 2 nitrogen and oxygen atoms in total. The molecular weight excluding hydrogens is 222 g/mol. The Morgan fingerprint density at radius 2 is 1.83 bits per heavy atom. The van der Waals surface area contributed by atoms with Gasteiger partial charge in [0.05, 0.1) is 6.10 Å². The highest BCUT2D eigenvalue weighted by atomic mass is 16.3. The Hall–Kier alpha value is -0.860. The fraction of sp³-hybridized carbons (Fsp3) is 0.625. The summed E-state index contributed by atoms with van der Waals surface area (Å²) in [5, 5.41) is 9.82. The molecule has 2 fully saturated rings. The summed E-state index contributed by atoms with van der Waals surface area (Å²) in [6, 6.07) is 9.04. The summed E-state index contributed by atoms with van der Waals surface area (Å²) in [5.74, 6) is 0. The number of aryl methyl sites for hydroxylation is 1. The number of likely N-dealkylation sites (tertiary alicyclic amines) is 1. The standard InChI is InChI=1S/C16H23NO/c1-13-4-6-14(7-5-13)16(9-2-3-10-16)17-11-8-15(18)12-17/h4-7,15,18H,2-3,8-12H2,1H3. The van der Waals surface area contributed by atoms with Crippen LogP contribution in [0.25, 0.3) is 0 Å². The van der Waals surface area contributed by atoms with Crippen molar-refractivity contribution in [1.82, 2.24) is 4.90 Å². The SMILES string of the molecule is Cc1ccc(C2(N3CCC(O)C3)CCCC2)cc1. The first kappa shape index (κ1) is 12.2. The number of aliphatic hydroxyl groups is 1. The third kappa shape index (κ3) is 1.98. The van der Waals surface area contributed by atoms with Crippen LogP contribution in [0.3, 0.4) is 0 Å². The van der Waals surface area contributed by atoms with E-state index >= 15 is 0 Å². The molecule has 2 heteroatoms. The summed E-state index contributed by atoms with van der Waals surface area (Å²) in [4.78, 5) is 2.54. The van der Waals surface area contributed by atoms with E-state index in [-0.39, 0.29) is 11.6 Å². The predicted molar refractivity (Wildman–Crippen MR) is 73.5 cm³/mol. The molecule has 0 aromatic heterocycles. The molecule has 0 radical (unpaired) electrons. The lowest BCUT2D eigenvalue weighted by Crippen LogP contribution is -2.43. The number of hydrogen-bond donors (Lipinski definition) is 1.